The number of alkyl halides is 2. The normalized spacial score (nSPS) is 20.3. The zero-order chi connectivity index (χ0) is 20.6. The van der Waals surface area contributed by atoms with Gasteiger partial charge in [0.05, 0.1) is 0 Å². The molecule has 0 aliphatic heterocycles. The Bertz CT molecular complexity index is 850. The van der Waals surface area contributed by atoms with Crippen molar-refractivity contribution < 1.29 is 35.5 Å². The Morgan fingerprint density at radius 2 is 1.39 bits per heavy atom. The Hall–Kier alpha value is -2.25. The Morgan fingerprint density at radius 3 is 1.96 bits per heavy atom. The molecule has 1 nitrogen and oxygen atoms in total. The first kappa shape index (κ1) is 20.5. The second-order valence-electron chi connectivity index (χ2n) is 7.11. The van der Waals surface area contributed by atoms with Crippen LogP contribution in [0.4, 0.5) is 30.7 Å². The summed E-state index contributed by atoms with van der Waals surface area (Å²) in [6.07, 6.45) is -1.53. The predicted octanol–water partition coefficient (Wildman–Crippen LogP) is 6.80. The van der Waals surface area contributed by atoms with Crippen LogP contribution in [0, 0.1) is 35.0 Å². The molecule has 1 fully saturated rings. The van der Waals surface area contributed by atoms with E-state index in [9.17, 15) is 30.7 Å². The summed E-state index contributed by atoms with van der Waals surface area (Å²) >= 11 is 0. The highest BCUT2D eigenvalue weighted by molar-refractivity contribution is 5.33. The van der Waals surface area contributed by atoms with Crippen LogP contribution in [-0.2, 0) is 6.11 Å². The number of hydrogen-bond donors (Lipinski definition) is 0. The van der Waals surface area contributed by atoms with Gasteiger partial charge in [-0.25, -0.2) is 22.0 Å². The van der Waals surface area contributed by atoms with Crippen LogP contribution in [0.1, 0.15) is 49.7 Å². The summed E-state index contributed by atoms with van der Waals surface area (Å²) in [7, 11) is 0. The summed E-state index contributed by atoms with van der Waals surface area (Å²) in [6, 6.07) is 2.16. The molecule has 0 unspecified atom stereocenters. The van der Waals surface area contributed by atoms with Crippen LogP contribution in [0.3, 0.4) is 0 Å². The van der Waals surface area contributed by atoms with E-state index in [1.165, 1.54) is 0 Å². The van der Waals surface area contributed by atoms with Gasteiger partial charge >= 0.3 is 6.11 Å². The van der Waals surface area contributed by atoms with Crippen molar-refractivity contribution >= 4 is 0 Å². The second-order valence-corrected chi connectivity index (χ2v) is 7.11. The predicted molar refractivity (Wildman–Crippen MR) is 87.6 cm³/mol. The molecular formula is C20H17F7O. The van der Waals surface area contributed by atoms with Crippen LogP contribution in [-0.4, -0.2) is 0 Å². The molecule has 0 bridgehead atoms. The van der Waals surface area contributed by atoms with Crippen molar-refractivity contribution in [1.29, 1.82) is 0 Å². The van der Waals surface area contributed by atoms with Gasteiger partial charge in [-0.05, 0) is 36.3 Å². The molecule has 152 valence electrons. The molecule has 0 atom stereocenters. The molecule has 2 aromatic rings. The summed E-state index contributed by atoms with van der Waals surface area (Å²) in [5.41, 5.74) is -1.40. The fraction of sp³-hybridized carbons (Fsp3) is 0.400. The molecule has 0 saturated heterocycles. The van der Waals surface area contributed by atoms with Gasteiger partial charge in [-0.2, -0.15) is 8.78 Å². The third-order valence-corrected chi connectivity index (χ3v) is 5.08. The summed E-state index contributed by atoms with van der Waals surface area (Å²) in [6.45, 7) is 2.05. The first-order chi connectivity index (χ1) is 13.1. The van der Waals surface area contributed by atoms with Crippen molar-refractivity contribution in [2.24, 2.45) is 5.92 Å². The van der Waals surface area contributed by atoms with E-state index in [4.69, 9.17) is 0 Å². The van der Waals surface area contributed by atoms with Gasteiger partial charge in [-0.3, -0.25) is 0 Å². The van der Waals surface area contributed by atoms with E-state index >= 15 is 0 Å². The van der Waals surface area contributed by atoms with Crippen LogP contribution < -0.4 is 4.74 Å². The van der Waals surface area contributed by atoms with Crippen LogP contribution in [0.15, 0.2) is 24.3 Å². The maximum Gasteiger partial charge on any atom is 0.429 e. The fourth-order valence-corrected chi connectivity index (χ4v) is 3.47. The van der Waals surface area contributed by atoms with Gasteiger partial charge in [0.25, 0.3) is 0 Å². The van der Waals surface area contributed by atoms with Crippen LogP contribution in [0.2, 0.25) is 0 Å². The Morgan fingerprint density at radius 1 is 0.821 bits per heavy atom. The quantitative estimate of drug-likeness (QED) is 0.401. The molecule has 1 saturated carbocycles. The lowest BCUT2D eigenvalue weighted by Crippen LogP contribution is -2.25. The minimum atomic E-state index is -4.43. The summed E-state index contributed by atoms with van der Waals surface area (Å²) in [4.78, 5) is 0. The molecule has 0 aromatic heterocycles. The van der Waals surface area contributed by atoms with Crippen LogP contribution >= 0.6 is 0 Å². The molecule has 1 aliphatic carbocycles. The van der Waals surface area contributed by atoms with E-state index < -0.39 is 46.5 Å². The molecule has 2 aromatic carbocycles. The molecule has 0 heterocycles. The van der Waals surface area contributed by atoms with Gasteiger partial charge in [0.15, 0.2) is 29.1 Å². The van der Waals surface area contributed by atoms with Crippen LogP contribution in [0.25, 0.3) is 0 Å². The minimum absolute atomic E-state index is 0.0165. The third kappa shape index (κ3) is 3.95. The van der Waals surface area contributed by atoms with Gasteiger partial charge in [0.2, 0.25) is 0 Å². The summed E-state index contributed by atoms with van der Waals surface area (Å²) in [5.74, 6) is -9.41. The monoisotopic (exact) mass is 406 g/mol. The molecule has 1 aliphatic rings. The largest absolute Gasteiger partial charge is 0.429 e. The third-order valence-electron chi connectivity index (χ3n) is 5.08. The zero-order valence-electron chi connectivity index (χ0n) is 14.8. The lowest BCUT2D eigenvalue weighted by atomic mass is 9.79. The first-order valence-electron chi connectivity index (χ1n) is 8.80. The molecule has 3 rings (SSSR count). The van der Waals surface area contributed by atoms with E-state index in [2.05, 4.69) is 11.7 Å². The molecule has 0 spiro atoms. The Labute approximate surface area is 157 Å². The summed E-state index contributed by atoms with van der Waals surface area (Å²) in [5, 5.41) is 0. The van der Waals surface area contributed by atoms with E-state index in [1.807, 2.05) is 0 Å². The van der Waals surface area contributed by atoms with Gasteiger partial charge in [-0.1, -0.05) is 25.8 Å². The number of hydrogen-bond acceptors (Lipinski definition) is 1. The number of ether oxygens (including phenoxy) is 1. The topological polar surface area (TPSA) is 9.23 Å². The van der Waals surface area contributed by atoms with Crippen molar-refractivity contribution in [1.82, 2.24) is 0 Å². The highest BCUT2D eigenvalue weighted by Gasteiger charge is 2.40. The maximum absolute atomic E-state index is 14.5. The number of halogens is 7. The Kier molecular flexibility index (Phi) is 5.59. The minimum Gasteiger partial charge on any atom is -0.429 e. The standard InChI is InChI=1S/C20H17F7O/c1-10-2-4-11(5-3-10)13-6-7-14(18(24)17(13)23)20(26,27)28-12-8-15(21)19(25)16(22)9-12/h6-11H,2-5H2,1H3. The first-order valence-corrected chi connectivity index (χ1v) is 8.80. The highest BCUT2D eigenvalue weighted by Crippen LogP contribution is 2.40. The van der Waals surface area contributed by atoms with Gasteiger partial charge < -0.3 is 4.74 Å². The highest BCUT2D eigenvalue weighted by atomic mass is 19.3. The van der Waals surface area contributed by atoms with Crippen molar-refractivity contribution in [2.45, 2.75) is 44.6 Å². The lowest BCUT2D eigenvalue weighted by Gasteiger charge is -2.27. The smallest absolute Gasteiger partial charge is 0.429 e. The van der Waals surface area contributed by atoms with Crippen LogP contribution in [0.5, 0.6) is 5.75 Å². The maximum atomic E-state index is 14.5. The molecule has 0 amide bonds. The second kappa shape index (κ2) is 7.64. The van der Waals surface area contributed by atoms with Gasteiger partial charge in [0.1, 0.15) is 11.3 Å². The molecule has 0 N–H and O–H groups in total. The lowest BCUT2D eigenvalue weighted by molar-refractivity contribution is -0.188. The van der Waals surface area contributed by atoms with E-state index in [0.29, 0.717) is 24.8 Å². The van der Waals surface area contributed by atoms with Crippen molar-refractivity contribution in [3.63, 3.8) is 0 Å². The Balaban J connectivity index is 1.89. The zero-order valence-corrected chi connectivity index (χ0v) is 14.8. The van der Waals surface area contributed by atoms with Gasteiger partial charge in [0, 0.05) is 12.1 Å². The average molecular weight is 406 g/mol. The van der Waals surface area contributed by atoms with Crippen molar-refractivity contribution in [3.05, 3.63) is 64.5 Å². The van der Waals surface area contributed by atoms with Gasteiger partial charge in [-0.15, -0.1) is 0 Å². The number of rotatable bonds is 4. The van der Waals surface area contributed by atoms with E-state index in [0.717, 1.165) is 18.9 Å². The fourth-order valence-electron chi connectivity index (χ4n) is 3.47. The number of benzene rings is 2. The molecule has 28 heavy (non-hydrogen) atoms. The average Bonchev–Trinajstić information content (AvgIpc) is 2.62. The van der Waals surface area contributed by atoms with Crippen molar-refractivity contribution in [2.75, 3.05) is 0 Å². The van der Waals surface area contributed by atoms with E-state index in [1.54, 1.807) is 0 Å². The molecule has 8 heteroatoms. The molecule has 0 radical (unpaired) electrons. The molecular weight excluding hydrogens is 389 g/mol. The SMILES string of the molecule is CC1CCC(c2ccc(C(F)(F)Oc3cc(F)c(F)c(F)c3)c(F)c2F)CC1. The summed E-state index contributed by atoms with van der Waals surface area (Å²) < 4.78 is 101. The van der Waals surface area contributed by atoms with E-state index in [-0.39, 0.29) is 23.6 Å². The van der Waals surface area contributed by atoms with Crippen molar-refractivity contribution in [3.8, 4) is 5.75 Å².